The summed E-state index contributed by atoms with van der Waals surface area (Å²) < 4.78 is 24.3. The molecule has 0 saturated carbocycles. The first-order valence-electron chi connectivity index (χ1n) is 4.84. The van der Waals surface area contributed by atoms with Gasteiger partial charge in [0.05, 0.1) is 17.3 Å². The van der Waals surface area contributed by atoms with E-state index in [-0.39, 0.29) is 0 Å². The van der Waals surface area contributed by atoms with E-state index in [0.29, 0.717) is 6.54 Å². The van der Waals surface area contributed by atoms with Crippen LogP contribution in [0.1, 0.15) is 11.4 Å². The topological polar surface area (TPSA) is 74.8 Å². The summed E-state index contributed by atoms with van der Waals surface area (Å²) in [6.45, 7) is 2.18. The van der Waals surface area contributed by atoms with Crippen LogP contribution in [0, 0.1) is 6.92 Å². The fourth-order valence-corrected chi connectivity index (χ4v) is 1.94. The van der Waals surface area contributed by atoms with Crippen LogP contribution < -0.4 is 4.72 Å². The highest BCUT2D eigenvalue weighted by atomic mass is 32.2. The van der Waals surface area contributed by atoms with Gasteiger partial charge in [-0.1, -0.05) is 6.07 Å². The number of fused-ring (bicyclic) bond motifs is 1. The van der Waals surface area contributed by atoms with E-state index in [9.17, 15) is 8.42 Å². The van der Waals surface area contributed by atoms with Crippen molar-refractivity contribution in [3.8, 4) is 0 Å². The number of H-pyrrole nitrogens is 1. The molecule has 16 heavy (non-hydrogen) atoms. The maximum absolute atomic E-state index is 10.9. The van der Waals surface area contributed by atoms with Crippen LogP contribution >= 0.6 is 0 Å². The normalized spacial score (nSPS) is 12.1. The number of rotatable bonds is 3. The zero-order chi connectivity index (χ0) is 11.8. The molecule has 0 bridgehead atoms. The average Bonchev–Trinajstić information content (AvgIpc) is 2.52. The van der Waals surface area contributed by atoms with E-state index in [2.05, 4.69) is 14.7 Å². The summed E-state index contributed by atoms with van der Waals surface area (Å²) in [5.74, 6) is 0.850. The van der Waals surface area contributed by atoms with Crippen LogP contribution in [0.25, 0.3) is 11.0 Å². The number of sulfonamides is 1. The maximum atomic E-state index is 10.9. The third-order valence-electron chi connectivity index (χ3n) is 2.20. The Morgan fingerprint density at radius 3 is 2.88 bits per heavy atom. The molecule has 2 N–H and O–H groups in total. The second kappa shape index (κ2) is 3.88. The van der Waals surface area contributed by atoms with Crippen molar-refractivity contribution in [3.63, 3.8) is 0 Å². The van der Waals surface area contributed by atoms with Gasteiger partial charge in [-0.05, 0) is 24.6 Å². The van der Waals surface area contributed by atoms with E-state index < -0.39 is 10.0 Å². The number of aromatic nitrogens is 2. The van der Waals surface area contributed by atoms with E-state index >= 15 is 0 Å². The average molecular weight is 239 g/mol. The van der Waals surface area contributed by atoms with Crippen molar-refractivity contribution in [1.29, 1.82) is 0 Å². The number of aryl methyl sites for hydroxylation is 1. The summed E-state index contributed by atoms with van der Waals surface area (Å²) in [6, 6.07) is 5.63. The van der Waals surface area contributed by atoms with Crippen molar-refractivity contribution in [1.82, 2.24) is 14.7 Å². The van der Waals surface area contributed by atoms with E-state index in [1.54, 1.807) is 0 Å². The molecule has 2 rings (SSSR count). The molecule has 0 radical (unpaired) electrons. The third-order valence-corrected chi connectivity index (χ3v) is 2.87. The highest BCUT2D eigenvalue weighted by Gasteiger charge is 2.03. The number of imidazole rings is 1. The lowest BCUT2D eigenvalue weighted by atomic mass is 10.2. The highest BCUT2D eigenvalue weighted by molar-refractivity contribution is 7.88. The number of hydrogen-bond acceptors (Lipinski definition) is 3. The summed E-state index contributed by atoms with van der Waals surface area (Å²) in [5, 5.41) is 0. The van der Waals surface area contributed by atoms with E-state index in [4.69, 9.17) is 0 Å². The fraction of sp³-hybridized carbons (Fsp3) is 0.300. The Morgan fingerprint density at radius 1 is 1.44 bits per heavy atom. The number of benzene rings is 1. The van der Waals surface area contributed by atoms with Gasteiger partial charge in [0.15, 0.2) is 0 Å². The highest BCUT2D eigenvalue weighted by Crippen LogP contribution is 2.13. The summed E-state index contributed by atoms with van der Waals surface area (Å²) >= 11 is 0. The van der Waals surface area contributed by atoms with Crippen LogP contribution in [0.2, 0.25) is 0 Å². The molecule has 86 valence electrons. The smallest absolute Gasteiger partial charge is 0.209 e. The van der Waals surface area contributed by atoms with Crippen molar-refractivity contribution in [3.05, 3.63) is 29.6 Å². The first-order valence-corrected chi connectivity index (χ1v) is 6.73. The molecule has 0 atom stereocenters. The fourth-order valence-electron chi connectivity index (χ4n) is 1.51. The van der Waals surface area contributed by atoms with Crippen LogP contribution in [-0.2, 0) is 16.6 Å². The summed E-state index contributed by atoms with van der Waals surface area (Å²) in [7, 11) is -3.15. The molecule has 1 heterocycles. The second-order valence-corrected chi connectivity index (χ2v) is 5.60. The first-order chi connectivity index (χ1) is 7.44. The maximum Gasteiger partial charge on any atom is 0.209 e. The zero-order valence-electron chi connectivity index (χ0n) is 9.11. The number of nitrogens with zero attached hydrogens (tertiary/aromatic N) is 1. The van der Waals surface area contributed by atoms with Crippen LogP contribution in [0.4, 0.5) is 0 Å². The molecule has 0 aliphatic heterocycles. The molecular formula is C10H13N3O2S. The van der Waals surface area contributed by atoms with Crippen LogP contribution in [0.15, 0.2) is 18.2 Å². The van der Waals surface area contributed by atoms with E-state index in [0.717, 1.165) is 28.7 Å². The van der Waals surface area contributed by atoms with Gasteiger partial charge < -0.3 is 4.98 Å². The van der Waals surface area contributed by atoms with Crippen LogP contribution in [0.3, 0.4) is 0 Å². The van der Waals surface area contributed by atoms with Gasteiger partial charge in [-0.25, -0.2) is 18.1 Å². The summed E-state index contributed by atoms with van der Waals surface area (Å²) in [4.78, 5) is 7.38. The minimum absolute atomic E-state index is 0.298. The Bertz CT molecular complexity index is 616. The minimum atomic E-state index is -3.15. The molecule has 1 aromatic heterocycles. The predicted molar refractivity (Wildman–Crippen MR) is 62.5 cm³/mol. The number of aromatic amines is 1. The largest absolute Gasteiger partial charge is 0.342 e. The number of hydrogen-bond donors (Lipinski definition) is 2. The molecule has 0 spiro atoms. The van der Waals surface area contributed by atoms with Crippen molar-refractivity contribution in [2.24, 2.45) is 0 Å². The third kappa shape index (κ3) is 2.59. The van der Waals surface area contributed by atoms with Gasteiger partial charge in [0, 0.05) is 6.54 Å². The first kappa shape index (κ1) is 11.1. The van der Waals surface area contributed by atoms with Gasteiger partial charge in [0.25, 0.3) is 0 Å². The van der Waals surface area contributed by atoms with Crippen molar-refractivity contribution < 1.29 is 8.42 Å². The molecule has 2 aromatic rings. The van der Waals surface area contributed by atoms with Crippen LogP contribution in [-0.4, -0.2) is 24.6 Å². The van der Waals surface area contributed by atoms with Crippen molar-refractivity contribution in [2.75, 3.05) is 6.26 Å². The van der Waals surface area contributed by atoms with Gasteiger partial charge in [0.1, 0.15) is 5.82 Å². The molecule has 5 nitrogen and oxygen atoms in total. The minimum Gasteiger partial charge on any atom is -0.342 e. The summed E-state index contributed by atoms with van der Waals surface area (Å²) in [6.07, 6.45) is 1.14. The SMILES string of the molecule is Cc1nc2ccc(CNS(C)(=O)=O)cc2[nH]1. The lowest BCUT2D eigenvalue weighted by Gasteiger charge is -2.02. The molecule has 0 aliphatic rings. The van der Waals surface area contributed by atoms with E-state index in [1.165, 1.54) is 0 Å². The molecule has 0 unspecified atom stereocenters. The van der Waals surface area contributed by atoms with E-state index in [1.807, 2.05) is 25.1 Å². The molecule has 0 amide bonds. The Hall–Kier alpha value is -1.40. The molecule has 1 aromatic carbocycles. The monoisotopic (exact) mass is 239 g/mol. The van der Waals surface area contributed by atoms with Gasteiger partial charge in [-0.15, -0.1) is 0 Å². The van der Waals surface area contributed by atoms with Gasteiger partial charge >= 0.3 is 0 Å². The van der Waals surface area contributed by atoms with Crippen molar-refractivity contribution in [2.45, 2.75) is 13.5 Å². The van der Waals surface area contributed by atoms with Crippen LogP contribution in [0.5, 0.6) is 0 Å². The van der Waals surface area contributed by atoms with Gasteiger partial charge in [0.2, 0.25) is 10.0 Å². The number of nitrogens with one attached hydrogen (secondary N) is 2. The molecular weight excluding hydrogens is 226 g/mol. The Morgan fingerprint density at radius 2 is 2.19 bits per heavy atom. The van der Waals surface area contributed by atoms with Crippen molar-refractivity contribution >= 4 is 21.1 Å². The Labute approximate surface area is 93.9 Å². The standard InChI is InChI=1S/C10H13N3O2S/c1-7-12-9-4-3-8(5-10(9)13-7)6-11-16(2,14)15/h3-5,11H,6H2,1-2H3,(H,12,13). The lowest BCUT2D eigenvalue weighted by molar-refractivity contribution is 0.587. The second-order valence-electron chi connectivity index (χ2n) is 3.77. The predicted octanol–water partition coefficient (Wildman–Crippen LogP) is 0.921. The summed E-state index contributed by atoms with van der Waals surface area (Å²) in [5.41, 5.74) is 2.72. The van der Waals surface area contributed by atoms with Gasteiger partial charge in [-0.2, -0.15) is 0 Å². The Kier molecular flexibility index (Phi) is 2.69. The lowest BCUT2D eigenvalue weighted by Crippen LogP contribution is -2.21. The molecule has 0 fully saturated rings. The quantitative estimate of drug-likeness (QED) is 0.836. The zero-order valence-corrected chi connectivity index (χ0v) is 9.93. The Balaban J connectivity index is 2.25. The molecule has 0 aliphatic carbocycles. The molecule has 0 saturated heterocycles. The van der Waals surface area contributed by atoms with Gasteiger partial charge in [-0.3, -0.25) is 0 Å². The molecule has 6 heteroatoms.